The molecule has 1 aliphatic rings. The zero-order valence-corrected chi connectivity index (χ0v) is 18.5. The number of rotatable bonds is 6. The molecule has 1 aliphatic heterocycles. The molecule has 156 valence electrons. The van der Waals surface area contributed by atoms with E-state index in [0.717, 1.165) is 58.8 Å². The number of carbonyl (C=O) groups is 1. The number of nitrogens with one attached hydrogen (secondary N) is 2. The van der Waals surface area contributed by atoms with Crippen LogP contribution in [0.2, 0.25) is 0 Å². The normalized spacial score (nSPS) is 16.3. The second-order valence-electron chi connectivity index (χ2n) is 7.49. The molecule has 6 nitrogen and oxygen atoms in total. The minimum Gasteiger partial charge on any atom is -0.497 e. The number of amides is 1. The summed E-state index contributed by atoms with van der Waals surface area (Å²) in [5.74, 6) is 1.79. The van der Waals surface area contributed by atoms with Crippen molar-refractivity contribution in [2.24, 2.45) is 0 Å². The van der Waals surface area contributed by atoms with Gasteiger partial charge in [0.25, 0.3) is 0 Å². The van der Waals surface area contributed by atoms with Crippen LogP contribution in [0.15, 0.2) is 59.1 Å². The zero-order chi connectivity index (χ0) is 20.9. The van der Waals surface area contributed by atoms with Crippen LogP contribution in [0.5, 0.6) is 5.75 Å². The Balaban J connectivity index is 1.37. The minimum atomic E-state index is 0.0506. The maximum Gasteiger partial charge on any atom is 0.224 e. The van der Waals surface area contributed by atoms with Gasteiger partial charge in [-0.05, 0) is 54.3 Å². The molecule has 1 unspecified atom stereocenters. The van der Waals surface area contributed by atoms with Crippen LogP contribution in [0.25, 0.3) is 11.3 Å². The number of methoxy groups -OCH3 is 1. The molecule has 7 heteroatoms. The lowest BCUT2D eigenvalue weighted by molar-refractivity contribution is -0.121. The summed E-state index contributed by atoms with van der Waals surface area (Å²) in [6.45, 7) is 1.69. The van der Waals surface area contributed by atoms with E-state index < -0.39 is 0 Å². The first-order valence-corrected chi connectivity index (χ1v) is 10.9. The molecule has 0 bridgehead atoms. The molecular formula is C23H25BrN4O2. The molecule has 1 aromatic heterocycles. The summed E-state index contributed by atoms with van der Waals surface area (Å²) >= 11 is 3.51. The van der Waals surface area contributed by atoms with E-state index in [2.05, 4.69) is 42.4 Å². The van der Waals surface area contributed by atoms with Crippen molar-refractivity contribution in [1.29, 1.82) is 0 Å². The van der Waals surface area contributed by atoms with E-state index in [1.807, 2.05) is 48.5 Å². The number of carbonyl (C=O) groups excluding carboxylic acids is 1. The van der Waals surface area contributed by atoms with Crippen molar-refractivity contribution < 1.29 is 9.53 Å². The summed E-state index contributed by atoms with van der Waals surface area (Å²) in [7, 11) is 1.66. The summed E-state index contributed by atoms with van der Waals surface area (Å²) in [5, 5.41) is 10.8. The fourth-order valence-corrected chi connectivity index (χ4v) is 4.21. The van der Waals surface area contributed by atoms with Gasteiger partial charge in [-0.3, -0.25) is 9.89 Å². The van der Waals surface area contributed by atoms with Crippen LogP contribution in [0.3, 0.4) is 0 Å². The zero-order valence-electron chi connectivity index (χ0n) is 16.9. The SMILES string of the molecule is COc1ccc(-c2cc(N3CCCC(NC(=O)Cc4ccccc4Br)C3)n[nH]2)cc1. The molecule has 1 saturated heterocycles. The Morgan fingerprint density at radius 2 is 2.07 bits per heavy atom. The number of hydrogen-bond donors (Lipinski definition) is 2. The van der Waals surface area contributed by atoms with E-state index in [0.29, 0.717) is 6.42 Å². The van der Waals surface area contributed by atoms with Crippen LogP contribution < -0.4 is 15.0 Å². The van der Waals surface area contributed by atoms with Crippen molar-refractivity contribution >= 4 is 27.7 Å². The fraction of sp³-hybridized carbons (Fsp3) is 0.304. The number of nitrogens with zero attached hydrogens (tertiary/aromatic N) is 2. The molecule has 4 rings (SSSR count). The predicted molar refractivity (Wildman–Crippen MR) is 122 cm³/mol. The Labute approximate surface area is 184 Å². The largest absolute Gasteiger partial charge is 0.497 e. The average Bonchev–Trinajstić information content (AvgIpc) is 3.26. The van der Waals surface area contributed by atoms with E-state index in [9.17, 15) is 4.79 Å². The van der Waals surface area contributed by atoms with Crippen LogP contribution in [-0.4, -0.2) is 42.3 Å². The van der Waals surface area contributed by atoms with Gasteiger partial charge in [0.05, 0.1) is 19.2 Å². The van der Waals surface area contributed by atoms with Crippen LogP contribution in [0, 0.1) is 0 Å². The smallest absolute Gasteiger partial charge is 0.224 e. The second kappa shape index (κ2) is 9.34. The number of H-pyrrole nitrogens is 1. The fourth-order valence-electron chi connectivity index (χ4n) is 3.79. The molecular weight excluding hydrogens is 444 g/mol. The molecule has 2 heterocycles. The third kappa shape index (κ3) is 4.84. The molecule has 1 fully saturated rings. The summed E-state index contributed by atoms with van der Waals surface area (Å²) in [5.41, 5.74) is 3.02. The van der Waals surface area contributed by atoms with Gasteiger partial charge in [0, 0.05) is 29.7 Å². The molecule has 0 spiro atoms. The highest BCUT2D eigenvalue weighted by atomic mass is 79.9. The topological polar surface area (TPSA) is 70.2 Å². The summed E-state index contributed by atoms with van der Waals surface area (Å²) < 4.78 is 6.19. The van der Waals surface area contributed by atoms with Crippen LogP contribution in [0.1, 0.15) is 18.4 Å². The van der Waals surface area contributed by atoms with Crippen LogP contribution >= 0.6 is 15.9 Å². The Bertz CT molecular complexity index is 1000. The number of halogens is 1. The number of hydrogen-bond acceptors (Lipinski definition) is 4. The van der Waals surface area contributed by atoms with Gasteiger partial charge >= 0.3 is 0 Å². The maximum atomic E-state index is 12.5. The van der Waals surface area contributed by atoms with Gasteiger partial charge in [0.2, 0.25) is 5.91 Å². The quantitative estimate of drug-likeness (QED) is 0.569. The number of piperidine rings is 1. The first-order chi connectivity index (χ1) is 14.6. The molecule has 0 saturated carbocycles. The minimum absolute atomic E-state index is 0.0506. The summed E-state index contributed by atoms with van der Waals surface area (Å²) in [4.78, 5) is 14.8. The number of anilines is 1. The van der Waals surface area contributed by atoms with Crippen molar-refractivity contribution in [3.8, 4) is 17.0 Å². The predicted octanol–water partition coefficient (Wildman–Crippen LogP) is 4.18. The number of benzene rings is 2. The first-order valence-electron chi connectivity index (χ1n) is 10.1. The number of ether oxygens (including phenoxy) is 1. The third-order valence-corrected chi connectivity index (χ3v) is 6.16. The van der Waals surface area contributed by atoms with Gasteiger partial charge < -0.3 is 15.0 Å². The maximum absolute atomic E-state index is 12.5. The molecule has 0 radical (unpaired) electrons. The van der Waals surface area contributed by atoms with Gasteiger partial charge in [-0.1, -0.05) is 34.1 Å². The summed E-state index contributed by atoms with van der Waals surface area (Å²) in [6.07, 6.45) is 2.38. The standard InChI is InChI=1S/C23H25BrN4O2/c1-30-19-10-8-16(9-11-19)21-14-22(27-26-21)28-12-4-6-18(15-28)25-23(29)13-17-5-2-3-7-20(17)24/h2-3,5,7-11,14,18H,4,6,12-13,15H2,1H3,(H,25,29)(H,26,27). The average molecular weight is 469 g/mol. The van der Waals surface area contributed by atoms with Crippen molar-refractivity contribution in [3.05, 3.63) is 64.6 Å². The Kier molecular flexibility index (Phi) is 6.38. The Hall–Kier alpha value is -2.80. The third-order valence-electron chi connectivity index (χ3n) is 5.38. The molecule has 3 aromatic rings. The molecule has 1 amide bonds. The van der Waals surface area contributed by atoms with Gasteiger partial charge in [-0.2, -0.15) is 5.10 Å². The lowest BCUT2D eigenvalue weighted by Crippen LogP contribution is -2.48. The molecule has 0 aliphatic carbocycles. The molecule has 2 N–H and O–H groups in total. The Morgan fingerprint density at radius 3 is 2.83 bits per heavy atom. The monoisotopic (exact) mass is 468 g/mol. The Morgan fingerprint density at radius 1 is 1.27 bits per heavy atom. The van der Waals surface area contributed by atoms with Crippen molar-refractivity contribution in [1.82, 2.24) is 15.5 Å². The van der Waals surface area contributed by atoms with E-state index in [1.54, 1.807) is 7.11 Å². The van der Waals surface area contributed by atoms with E-state index in [4.69, 9.17) is 4.74 Å². The number of aromatic amines is 1. The lowest BCUT2D eigenvalue weighted by Gasteiger charge is -2.33. The second-order valence-corrected chi connectivity index (χ2v) is 8.34. The van der Waals surface area contributed by atoms with E-state index in [-0.39, 0.29) is 11.9 Å². The van der Waals surface area contributed by atoms with E-state index >= 15 is 0 Å². The van der Waals surface area contributed by atoms with E-state index in [1.165, 1.54) is 0 Å². The van der Waals surface area contributed by atoms with Gasteiger partial charge in [0.1, 0.15) is 5.75 Å². The van der Waals surface area contributed by atoms with Gasteiger partial charge in [-0.15, -0.1) is 0 Å². The highest BCUT2D eigenvalue weighted by molar-refractivity contribution is 9.10. The van der Waals surface area contributed by atoms with Crippen molar-refractivity contribution in [2.75, 3.05) is 25.1 Å². The number of aromatic nitrogens is 2. The lowest BCUT2D eigenvalue weighted by atomic mass is 10.0. The highest BCUT2D eigenvalue weighted by Crippen LogP contribution is 2.26. The van der Waals surface area contributed by atoms with Gasteiger partial charge in [-0.25, -0.2) is 0 Å². The highest BCUT2D eigenvalue weighted by Gasteiger charge is 2.23. The summed E-state index contributed by atoms with van der Waals surface area (Å²) in [6, 6.07) is 17.9. The van der Waals surface area contributed by atoms with Crippen LogP contribution in [0.4, 0.5) is 5.82 Å². The first kappa shape index (κ1) is 20.5. The molecule has 30 heavy (non-hydrogen) atoms. The van der Waals surface area contributed by atoms with Gasteiger partial charge in [0.15, 0.2) is 5.82 Å². The van der Waals surface area contributed by atoms with Crippen LogP contribution in [-0.2, 0) is 11.2 Å². The molecule has 1 atom stereocenters. The van der Waals surface area contributed by atoms with Crippen molar-refractivity contribution in [2.45, 2.75) is 25.3 Å². The van der Waals surface area contributed by atoms with Crippen molar-refractivity contribution in [3.63, 3.8) is 0 Å². The molecule has 2 aromatic carbocycles.